The van der Waals surface area contributed by atoms with Gasteiger partial charge in [-0.25, -0.2) is 0 Å². The lowest BCUT2D eigenvalue weighted by Crippen LogP contribution is -2.48. The Morgan fingerprint density at radius 2 is 1.86 bits per heavy atom. The van der Waals surface area contributed by atoms with Gasteiger partial charge in [-0.15, -0.1) is 0 Å². The van der Waals surface area contributed by atoms with Gasteiger partial charge in [0.2, 0.25) is 5.91 Å². The fraction of sp³-hybridized carbons (Fsp3) is 0.438. The molecule has 0 radical (unpaired) electrons. The third-order valence-corrected chi connectivity index (χ3v) is 3.36. The molecule has 6 heteroatoms. The number of ether oxygens (including phenoxy) is 1. The number of amides is 2. The number of rotatable bonds is 3. The fourth-order valence-corrected chi connectivity index (χ4v) is 2.50. The van der Waals surface area contributed by atoms with Gasteiger partial charge in [-0.1, -0.05) is 0 Å². The zero-order valence-electron chi connectivity index (χ0n) is 12.7. The molecule has 0 unspecified atom stereocenters. The summed E-state index contributed by atoms with van der Waals surface area (Å²) in [5.74, 6) is -0.408. The van der Waals surface area contributed by atoms with Crippen molar-refractivity contribution < 1.29 is 14.3 Å². The fourth-order valence-electron chi connectivity index (χ4n) is 2.50. The highest BCUT2D eigenvalue weighted by molar-refractivity contribution is 5.96. The molecule has 1 saturated heterocycles. The van der Waals surface area contributed by atoms with E-state index < -0.39 is 0 Å². The highest BCUT2D eigenvalue weighted by Crippen LogP contribution is 2.16. The molecule has 22 heavy (non-hydrogen) atoms. The van der Waals surface area contributed by atoms with Crippen molar-refractivity contribution in [3.8, 4) is 6.07 Å². The first kappa shape index (κ1) is 16.0. The lowest BCUT2D eigenvalue weighted by atomic mass is 10.1. The summed E-state index contributed by atoms with van der Waals surface area (Å²) in [6.45, 7) is 5.04. The molecule has 1 aliphatic heterocycles. The molecule has 116 valence electrons. The molecule has 1 heterocycles. The van der Waals surface area contributed by atoms with Gasteiger partial charge in [0, 0.05) is 24.3 Å². The van der Waals surface area contributed by atoms with Gasteiger partial charge in [0.15, 0.2) is 0 Å². The van der Waals surface area contributed by atoms with Gasteiger partial charge in [0.05, 0.1) is 18.3 Å². The largest absolute Gasteiger partial charge is 0.372 e. The average molecular weight is 301 g/mol. The maximum atomic E-state index is 12.5. The van der Waals surface area contributed by atoms with Crippen LogP contribution in [0.1, 0.15) is 30.6 Å². The molecule has 0 bridgehead atoms. The van der Waals surface area contributed by atoms with Crippen LogP contribution in [-0.4, -0.2) is 42.0 Å². The molecule has 2 atom stereocenters. The predicted molar refractivity (Wildman–Crippen MR) is 81.2 cm³/mol. The molecule has 2 rings (SSSR count). The van der Waals surface area contributed by atoms with Crippen LogP contribution in [0.4, 0.5) is 5.69 Å². The van der Waals surface area contributed by atoms with Crippen molar-refractivity contribution in [3.05, 3.63) is 29.8 Å². The van der Waals surface area contributed by atoms with E-state index in [0.29, 0.717) is 24.3 Å². The summed E-state index contributed by atoms with van der Waals surface area (Å²) in [6, 6.07) is 8.46. The van der Waals surface area contributed by atoms with Crippen molar-refractivity contribution >= 4 is 17.5 Å². The van der Waals surface area contributed by atoms with E-state index in [4.69, 9.17) is 10.00 Å². The number of morpholine rings is 1. The van der Waals surface area contributed by atoms with Crippen LogP contribution in [0, 0.1) is 11.3 Å². The standard InChI is InChI=1S/C16H19N3O3/c1-11-9-19(10-12(2)22-11)16(21)13-3-5-14(6-4-13)18-15(20)7-8-17/h3-6,11-12H,7,9-10H2,1-2H3,(H,18,20)/t11-,12-/m1/s1. The molecule has 1 aliphatic rings. The number of benzene rings is 1. The van der Waals surface area contributed by atoms with Crippen molar-refractivity contribution in [2.45, 2.75) is 32.5 Å². The van der Waals surface area contributed by atoms with Gasteiger partial charge in [-0.05, 0) is 38.1 Å². The highest BCUT2D eigenvalue weighted by atomic mass is 16.5. The van der Waals surface area contributed by atoms with E-state index in [9.17, 15) is 9.59 Å². The van der Waals surface area contributed by atoms with E-state index in [1.807, 2.05) is 13.8 Å². The summed E-state index contributed by atoms with van der Waals surface area (Å²) in [4.78, 5) is 25.6. The molecule has 1 aromatic carbocycles. The molecule has 0 saturated carbocycles. The van der Waals surface area contributed by atoms with E-state index in [-0.39, 0.29) is 30.4 Å². The third kappa shape index (κ3) is 4.06. The summed E-state index contributed by atoms with van der Waals surface area (Å²) in [5, 5.41) is 11.0. The number of nitrogens with one attached hydrogen (secondary N) is 1. The molecule has 1 aromatic rings. The SMILES string of the molecule is C[C@@H]1CN(C(=O)c2ccc(NC(=O)CC#N)cc2)C[C@@H](C)O1. The van der Waals surface area contributed by atoms with Crippen LogP contribution in [0.25, 0.3) is 0 Å². The summed E-state index contributed by atoms with van der Waals surface area (Å²) >= 11 is 0. The second-order valence-electron chi connectivity index (χ2n) is 5.43. The van der Waals surface area contributed by atoms with Crippen LogP contribution in [0.2, 0.25) is 0 Å². The van der Waals surface area contributed by atoms with Gasteiger partial charge in [-0.3, -0.25) is 9.59 Å². The van der Waals surface area contributed by atoms with Crippen molar-refractivity contribution in [1.82, 2.24) is 4.90 Å². The van der Waals surface area contributed by atoms with Crippen LogP contribution in [0.15, 0.2) is 24.3 Å². The number of nitriles is 1. The number of anilines is 1. The zero-order chi connectivity index (χ0) is 16.1. The van der Waals surface area contributed by atoms with Crippen LogP contribution < -0.4 is 5.32 Å². The number of hydrogen-bond donors (Lipinski definition) is 1. The molecule has 1 N–H and O–H groups in total. The van der Waals surface area contributed by atoms with Gasteiger partial charge < -0.3 is 15.0 Å². The monoisotopic (exact) mass is 301 g/mol. The first-order valence-electron chi connectivity index (χ1n) is 7.21. The summed E-state index contributed by atoms with van der Waals surface area (Å²) in [5.41, 5.74) is 1.14. The van der Waals surface area contributed by atoms with E-state index in [2.05, 4.69) is 5.32 Å². The second-order valence-corrected chi connectivity index (χ2v) is 5.43. The van der Waals surface area contributed by atoms with E-state index in [1.165, 1.54) is 0 Å². The number of carbonyl (C=O) groups excluding carboxylic acids is 2. The van der Waals surface area contributed by atoms with Crippen LogP contribution >= 0.6 is 0 Å². The molecular formula is C16H19N3O3. The number of carbonyl (C=O) groups is 2. The van der Waals surface area contributed by atoms with E-state index >= 15 is 0 Å². The predicted octanol–water partition coefficient (Wildman–Crippen LogP) is 1.79. The molecule has 6 nitrogen and oxygen atoms in total. The lowest BCUT2D eigenvalue weighted by molar-refractivity contribution is -0.115. The minimum atomic E-state index is -0.364. The molecule has 0 aromatic heterocycles. The smallest absolute Gasteiger partial charge is 0.254 e. The first-order valence-corrected chi connectivity index (χ1v) is 7.21. The Balaban J connectivity index is 2.02. The minimum Gasteiger partial charge on any atom is -0.372 e. The first-order chi connectivity index (χ1) is 10.5. The molecule has 0 spiro atoms. The topological polar surface area (TPSA) is 82.4 Å². The molecule has 2 amide bonds. The minimum absolute atomic E-state index is 0.0252. The molecular weight excluding hydrogens is 282 g/mol. The number of hydrogen-bond acceptors (Lipinski definition) is 4. The summed E-state index contributed by atoms with van der Waals surface area (Å²) in [7, 11) is 0. The van der Waals surface area contributed by atoms with Crippen molar-refractivity contribution in [2.75, 3.05) is 18.4 Å². The van der Waals surface area contributed by atoms with Gasteiger partial charge >= 0.3 is 0 Å². The Labute approximate surface area is 129 Å². The average Bonchev–Trinajstić information content (AvgIpc) is 2.46. The van der Waals surface area contributed by atoms with Crippen LogP contribution in [-0.2, 0) is 9.53 Å². The van der Waals surface area contributed by atoms with Crippen molar-refractivity contribution in [1.29, 1.82) is 5.26 Å². The van der Waals surface area contributed by atoms with Crippen molar-refractivity contribution in [3.63, 3.8) is 0 Å². The third-order valence-electron chi connectivity index (χ3n) is 3.36. The Bertz CT molecular complexity index is 582. The highest BCUT2D eigenvalue weighted by Gasteiger charge is 2.26. The quantitative estimate of drug-likeness (QED) is 0.922. The number of nitrogens with zero attached hydrogens (tertiary/aromatic N) is 2. The van der Waals surface area contributed by atoms with Crippen LogP contribution in [0.5, 0.6) is 0 Å². The van der Waals surface area contributed by atoms with Gasteiger partial charge in [0.25, 0.3) is 5.91 Å². The molecule has 1 fully saturated rings. The maximum Gasteiger partial charge on any atom is 0.254 e. The Hall–Kier alpha value is -2.39. The van der Waals surface area contributed by atoms with Crippen LogP contribution in [0.3, 0.4) is 0 Å². The zero-order valence-corrected chi connectivity index (χ0v) is 12.7. The summed E-state index contributed by atoms with van der Waals surface area (Å²) in [6.07, 6.45) is -0.140. The van der Waals surface area contributed by atoms with Crippen molar-refractivity contribution in [2.24, 2.45) is 0 Å². The van der Waals surface area contributed by atoms with Gasteiger partial charge in [0.1, 0.15) is 6.42 Å². The normalized spacial score (nSPS) is 21.0. The Morgan fingerprint density at radius 3 is 2.41 bits per heavy atom. The van der Waals surface area contributed by atoms with E-state index in [0.717, 1.165) is 0 Å². The molecule has 0 aliphatic carbocycles. The lowest BCUT2D eigenvalue weighted by Gasteiger charge is -2.35. The second kappa shape index (κ2) is 7.05. The summed E-state index contributed by atoms with van der Waals surface area (Å²) < 4.78 is 5.62. The van der Waals surface area contributed by atoms with E-state index in [1.54, 1.807) is 35.2 Å². The maximum absolute atomic E-state index is 12.5. The Morgan fingerprint density at radius 1 is 1.27 bits per heavy atom. The van der Waals surface area contributed by atoms with Gasteiger partial charge in [-0.2, -0.15) is 5.26 Å². The Kier molecular flexibility index (Phi) is 5.12.